The zero-order valence-electron chi connectivity index (χ0n) is 10.1. The molecule has 1 N–H and O–H groups in total. The Morgan fingerprint density at radius 3 is 2.53 bits per heavy atom. The first-order valence-corrected chi connectivity index (χ1v) is 5.08. The molecule has 0 spiro atoms. The van der Waals surface area contributed by atoms with Crippen LogP contribution in [0.4, 0.5) is 0 Å². The molecule has 1 aromatic carbocycles. The summed E-state index contributed by atoms with van der Waals surface area (Å²) in [6.45, 7) is 1.79. The Hall–Kier alpha value is -2.28. The molecule has 0 atom stereocenters. The summed E-state index contributed by atoms with van der Waals surface area (Å²) in [6.07, 6.45) is 1.55. The van der Waals surface area contributed by atoms with E-state index in [4.69, 9.17) is 10.4 Å². The van der Waals surface area contributed by atoms with Gasteiger partial charge in [-0.1, -0.05) is 6.07 Å². The van der Waals surface area contributed by atoms with Gasteiger partial charge in [0.2, 0.25) is 0 Å². The average molecular weight is 230 g/mol. The van der Waals surface area contributed by atoms with Crippen molar-refractivity contribution in [1.29, 1.82) is 5.26 Å². The number of carboxylic acid groups (broad SMARTS) is 1. The van der Waals surface area contributed by atoms with Gasteiger partial charge < -0.3 is 10.0 Å². The number of nitriles is 1. The van der Waals surface area contributed by atoms with E-state index in [-0.39, 0.29) is 5.57 Å². The first kappa shape index (κ1) is 12.8. The second kappa shape index (κ2) is 5.17. The van der Waals surface area contributed by atoms with Crippen molar-refractivity contribution in [2.75, 3.05) is 14.1 Å². The third-order valence-corrected chi connectivity index (χ3v) is 2.26. The van der Waals surface area contributed by atoms with Gasteiger partial charge >= 0.3 is 5.97 Å². The van der Waals surface area contributed by atoms with E-state index in [1.165, 1.54) is 0 Å². The SMILES string of the molecule is Cc1cc(C#N)ccc1C(=CN(C)C)C(=O)O. The van der Waals surface area contributed by atoms with Gasteiger partial charge in [-0.2, -0.15) is 5.26 Å². The van der Waals surface area contributed by atoms with Crippen LogP contribution in [-0.4, -0.2) is 30.1 Å². The standard InChI is InChI=1S/C13H14N2O2/c1-9-6-10(7-14)4-5-11(9)12(13(16)17)8-15(2)3/h4-6,8H,1-3H3,(H,16,17). The van der Waals surface area contributed by atoms with Crippen LogP contribution in [0.3, 0.4) is 0 Å². The summed E-state index contributed by atoms with van der Waals surface area (Å²) in [6, 6.07) is 6.99. The van der Waals surface area contributed by atoms with Gasteiger partial charge in [0.1, 0.15) is 0 Å². The molecule has 88 valence electrons. The van der Waals surface area contributed by atoms with E-state index >= 15 is 0 Å². The van der Waals surface area contributed by atoms with Crippen LogP contribution in [0.5, 0.6) is 0 Å². The smallest absolute Gasteiger partial charge is 0.337 e. The van der Waals surface area contributed by atoms with Crippen molar-refractivity contribution in [1.82, 2.24) is 4.90 Å². The Balaban J connectivity index is 3.31. The molecule has 1 rings (SSSR count). The van der Waals surface area contributed by atoms with Crippen molar-refractivity contribution in [3.05, 3.63) is 41.1 Å². The van der Waals surface area contributed by atoms with Gasteiger partial charge in [0.15, 0.2) is 0 Å². The fourth-order valence-electron chi connectivity index (χ4n) is 1.53. The maximum atomic E-state index is 11.2. The highest BCUT2D eigenvalue weighted by Gasteiger charge is 2.13. The predicted molar refractivity (Wildman–Crippen MR) is 65.2 cm³/mol. The molecule has 4 nitrogen and oxygen atoms in total. The lowest BCUT2D eigenvalue weighted by molar-refractivity contribution is -0.130. The fourth-order valence-corrected chi connectivity index (χ4v) is 1.53. The van der Waals surface area contributed by atoms with Crippen LogP contribution >= 0.6 is 0 Å². The van der Waals surface area contributed by atoms with E-state index in [2.05, 4.69) is 0 Å². The Labute approximate surface area is 100 Å². The zero-order valence-corrected chi connectivity index (χ0v) is 10.1. The Morgan fingerprint density at radius 2 is 2.12 bits per heavy atom. The molecule has 4 heteroatoms. The summed E-state index contributed by atoms with van der Waals surface area (Å²) in [5.74, 6) is -0.980. The summed E-state index contributed by atoms with van der Waals surface area (Å²) in [7, 11) is 3.53. The lowest BCUT2D eigenvalue weighted by atomic mass is 9.99. The quantitative estimate of drug-likeness (QED) is 0.805. The number of benzene rings is 1. The summed E-state index contributed by atoms with van der Waals surface area (Å²) in [4.78, 5) is 12.9. The van der Waals surface area contributed by atoms with Crippen molar-refractivity contribution in [3.63, 3.8) is 0 Å². The molecule has 0 fully saturated rings. The lowest BCUT2D eigenvalue weighted by Gasteiger charge is -2.11. The molecular weight excluding hydrogens is 216 g/mol. The largest absolute Gasteiger partial charge is 0.478 e. The van der Waals surface area contributed by atoms with E-state index in [1.54, 1.807) is 50.3 Å². The van der Waals surface area contributed by atoms with Crippen LogP contribution in [0, 0.1) is 18.3 Å². The number of carbonyl (C=O) groups is 1. The molecule has 0 aromatic heterocycles. The summed E-state index contributed by atoms with van der Waals surface area (Å²) < 4.78 is 0. The fraction of sp³-hybridized carbons (Fsp3) is 0.231. The zero-order chi connectivity index (χ0) is 13.0. The molecule has 17 heavy (non-hydrogen) atoms. The second-order valence-electron chi connectivity index (χ2n) is 3.95. The lowest BCUT2D eigenvalue weighted by Crippen LogP contribution is -2.09. The van der Waals surface area contributed by atoms with Gasteiger partial charge in [-0.15, -0.1) is 0 Å². The van der Waals surface area contributed by atoms with Crippen molar-refractivity contribution in [2.45, 2.75) is 6.92 Å². The van der Waals surface area contributed by atoms with E-state index in [0.29, 0.717) is 11.1 Å². The molecule has 0 amide bonds. The van der Waals surface area contributed by atoms with Crippen LogP contribution in [-0.2, 0) is 4.79 Å². The summed E-state index contributed by atoms with van der Waals surface area (Å²) >= 11 is 0. The molecule has 0 saturated heterocycles. The first-order chi connectivity index (χ1) is 7.95. The number of hydrogen-bond acceptors (Lipinski definition) is 3. The molecule has 0 radical (unpaired) electrons. The number of carboxylic acids is 1. The number of aliphatic carboxylic acids is 1. The average Bonchev–Trinajstić information content (AvgIpc) is 2.25. The topological polar surface area (TPSA) is 64.3 Å². The molecule has 0 bridgehead atoms. The maximum absolute atomic E-state index is 11.2. The maximum Gasteiger partial charge on any atom is 0.337 e. The molecule has 1 aromatic rings. The van der Waals surface area contributed by atoms with Crippen molar-refractivity contribution in [2.24, 2.45) is 0 Å². The van der Waals surface area contributed by atoms with Gasteiger partial charge in [-0.05, 0) is 30.2 Å². The highest BCUT2D eigenvalue weighted by atomic mass is 16.4. The van der Waals surface area contributed by atoms with Crippen LogP contribution in [0.2, 0.25) is 0 Å². The van der Waals surface area contributed by atoms with Crippen molar-refractivity contribution in [3.8, 4) is 6.07 Å². The third kappa shape index (κ3) is 3.08. The molecular formula is C13H14N2O2. The monoisotopic (exact) mass is 230 g/mol. The van der Waals surface area contributed by atoms with Crippen LogP contribution in [0.15, 0.2) is 24.4 Å². The predicted octanol–water partition coefficient (Wildman–Crippen LogP) is 1.85. The van der Waals surface area contributed by atoms with Crippen molar-refractivity contribution < 1.29 is 9.90 Å². The molecule has 0 unspecified atom stereocenters. The Kier molecular flexibility index (Phi) is 3.89. The van der Waals surface area contributed by atoms with E-state index in [9.17, 15) is 4.79 Å². The van der Waals surface area contributed by atoms with Crippen LogP contribution in [0.25, 0.3) is 5.57 Å². The molecule has 0 heterocycles. The third-order valence-electron chi connectivity index (χ3n) is 2.26. The van der Waals surface area contributed by atoms with Gasteiger partial charge in [-0.3, -0.25) is 0 Å². The molecule has 0 aliphatic heterocycles. The van der Waals surface area contributed by atoms with Crippen LogP contribution in [0.1, 0.15) is 16.7 Å². The number of hydrogen-bond donors (Lipinski definition) is 1. The molecule has 0 aliphatic rings. The van der Waals surface area contributed by atoms with Gasteiger partial charge in [-0.25, -0.2) is 4.79 Å². The first-order valence-electron chi connectivity index (χ1n) is 5.08. The van der Waals surface area contributed by atoms with Gasteiger partial charge in [0.25, 0.3) is 0 Å². The Morgan fingerprint density at radius 1 is 1.47 bits per heavy atom. The summed E-state index contributed by atoms with van der Waals surface area (Å²) in [5.41, 5.74) is 2.16. The minimum absolute atomic E-state index is 0.219. The minimum Gasteiger partial charge on any atom is -0.478 e. The summed E-state index contributed by atoms with van der Waals surface area (Å²) in [5, 5.41) is 17.9. The number of rotatable bonds is 3. The van der Waals surface area contributed by atoms with E-state index in [1.807, 2.05) is 6.07 Å². The normalized spacial score (nSPS) is 10.8. The van der Waals surface area contributed by atoms with E-state index < -0.39 is 5.97 Å². The van der Waals surface area contributed by atoms with Crippen molar-refractivity contribution >= 4 is 11.5 Å². The molecule has 0 saturated carbocycles. The highest BCUT2D eigenvalue weighted by molar-refractivity contribution is 6.15. The van der Waals surface area contributed by atoms with E-state index in [0.717, 1.165) is 5.56 Å². The van der Waals surface area contributed by atoms with Gasteiger partial charge in [0.05, 0.1) is 17.2 Å². The highest BCUT2D eigenvalue weighted by Crippen LogP contribution is 2.20. The second-order valence-corrected chi connectivity index (χ2v) is 3.95. The minimum atomic E-state index is -0.980. The van der Waals surface area contributed by atoms with Gasteiger partial charge in [0, 0.05) is 20.3 Å². The Bertz CT molecular complexity index is 511. The number of aryl methyl sites for hydroxylation is 1. The van der Waals surface area contributed by atoms with Crippen LogP contribution < -0.4 is 0 Å². The molecule has 0 aliphatic carbocycles. The number of nitrogens with zero attached hydrogens (tertiary/aromatic N) is 2.